The van der Waals surface area contributed by atoms with Gasteiger partial charge in [-0.3, -0.25) is 9.59 Å². The molecule has 0 spiro atoms. The number of carbonyl (C=O) groups excluding carboxylic acids is 1. The van der Waals surface area contributed by atoms with Crippen molar-refractivity contribution in [3.05, 3.63) is 40.2 Å². The minimum absolute atomic E-state index is 0. The Morgan fingerprint density at radius 1 is 1.23 bits per heavy atom. The zero-order valence-electron chi connectivity index (χ0n) is 14.6. The molecule has 0 aliphatic carbocycles. The maximum Gasteiger partial charge on any atom is 0.252 e. The van der Waals surface area contributed by atoms with Crippen LogP contribution < -0.4 is 16.6 Å². The van der Waals surface area contributed by atoms with Gasteiger partial charge >= 0.3 is 0 Å². The van der Waals surface area contributed by atoms with Crippen LogP contribution in [0.5, 0.6) is 0 Å². The summed E-state index contributed by atoms with van der Waals surface area (Å²) in [6, 6.07) is 5.48. The normalized spacial score (nSPS) is 11.4. The summed E-state index contributed by atoms with van der Waals surface area (Å²) in [4.78, 5) is 26.8. The number of fused-ring (bicyclic) bond motifs is 1. The van der Waals surface area contributed by atoms with Crippen molar-refractivity contribution in [1.29, 1.82) is 0 Å². The first-order valence-corrected chi connectivity index (χ1v) is 9.44. The number of nitrogens with one attached hydrogen (secondary N) is 2. The number of pyridine rings is 1. The van der Waals surface area contributed by atoms with Gasteiger partial charge in [0.25, 0.3) is 5.91 Å². The molecule has 26 heavy (non-hydrogen) atoms. The zero-order valence-corrected chi connectivity index (χ0v) is 16.2. The standard InChI is InChI=1S/C16H22N4O4S.ClH/c1-3-20(4-2)25(23,24)11-5-6-14-12(9-11)13(10-15(21)19-14)16(22)18-8-7-17;/h5-6,9-10H,3-4,7-8,17H2,1-2H3,(H,18,22)(H,19,21);1H. The van der Waals surface area contributed by atoms with Gasteiger partial charge in [0.2, 0.25) is 15.6 Å². The number of sulfonamides is 1. The lowest BCUT2D eigenvalue weighted by Gasteiger charge is -2.19. The summed E-state index contributed by atoms with van der Waals surface area (Å²) in [6.07, 6.45) is 0. The summed E-state index contributed by atoms with van der Waals surface area (Å²) in [5, 5.41) is 2.96. The summed E-state index contributed by atoms with van der Waals surface area (Å²) < 4.78 is 26.7. The second kappa shape index (κ2) is 9.13. The summed E-state index contributed by atoms with van der Waals surface area (Å²) in [5.74, 6) is -0.473. The van der Waals surface area contributed by atoms with Crippen molar-refractivity contribution in [2.75, 3.05) is 26.2 Å². The lowest BCUT2D eigenvalue weighted by molar-refractivity contribution is 0.0956. The molecule has 144 valence electrons. The van der Waals surface area contributed by atoms with Gasteiger partial charge in [0.1, 0.15) is 0 Å². The van der Waals surface area contributed by atoms with Crippen LogP contribution in [0.2, 0.25) is 0 Å². The lowest BCUT2D eigenvalue weighted by atomic mass is 10.1. The van der Waals surface area contributed by atoms with Gasteiger partial charge in [-0.15, -0.1) is 12.4 Å². The van der Waals surface area contributed by atoms with E-state index in [1.54, 1.807) is 13.8 Å². The Balaban J connectivity index is 0.00000338. The number of nitrogens with zero attached hydrogens (tertiary/aromatic N) is 1. The summed E-state index contributed by atoms with van der Waals surface area (Å²) >= 11 is 0. The van der Waals surface area contributed by atoms with Crippen molar-refractivity contribution in [2.24, 2.45) is 5.73 Å². The van der Waals surface area contributed by atoms with Gasteiger partial charge < -0.3 is 16.0 Å². The maximum absolute atomic E-state index is 12.7. The van der Waals surface area contributed by atoms with E-state index in [-0.39, 0.29) is 36.0 Å². The predicted octanol–water partition coefficient (Wildman–Crippen LogP) is 0.669. The van der Waals surface area contributed by atoms with Crippen LogP contribution in [0.25, 0.3) is 10.9 Å². The molecule has 1 aromatic heterocycles. The topological polar surface area (TPSA) is 125 Å². The van der Waals surface area contributed by atoms with Crippen LogP contribution in [0.4, 0.5) is 0 Å². The SMILES string of the molecule is CCN(CC)S(=O)(=O)c1ccc2[nH]c(=O)cc(C(=O)NCCN)c2c1.Cl. The van der Waals surface area contributed by atoms with Crippen LogP contribution in [0.3, 0.4) is 0 Å². The fourth-order valence-corrected chi connectivity index (χ4v) is 4.06. The van der Waals surface area contributed by atoms with Crippen molar-refractivity contribution in [3.8, 4) is 0 Å². The van der Waals surface area contributed by atoms with Gasteiger partial charge in [0.05, 0.1) is 10.5 Å². The van der Waals surface area contributed by atoms with Crippen LogP contribution in [0.15, 0.2) is 34.0 Å². The number of rotatable bonds is 7. The summed E-state index contributed by atoms with van der Waals surface area (Å²) in [7, 11) is -3.67. The quantitative estimate of drug-likeness (QED) is 0.627. The highest BCUT2D eigenvalue weighted by molar-refractivity contribution is 7.89. The number of halogens is 1. The molecule has 0 fully saturated rings. The van der Waals surface area contributed by atoms with E-state index in [9.17, 15) is 18.0 Å². The highest BCUT2D eigenvalue weighted by Crippen LogP contribution is 2.22. The first-order valence-electron chi connectivity index (χ1n) is 8.00. The molecule has 0 aliphatic heterocycles. The van der Waals surface area contributed by atoms with Crippen LogP contribution in [-0.2, 0) is 10.0 Å². The highest BCUT2D eigenvalue weighted by Gasteiger charge is 2.23. The zero-order chi connectivity index (χ0) is 18.6. The Labute approximate surface area is 158 Å². The van der Waals surface area contributed by atoms with Crippen molar-refractivity contribution in [3.63, 3.8) is 0 Å². The second-order valence-corrected chi connectivity index (χ2v) is 7.33. The van der Waals surface area contributed by atoms with E-state index in [4.69, 9.17) is 5.73 Å². The molecule has 2 rings (SSSR count). The molecule has 0 saturated carbocycles. The number of nitrogens with two attached hydrogens (primary N) is 1. The first kappa shape index (κ1) is 22.1. The molecule has 0 unspecified atom stereocenters. The molecule has 0 bridgehead atoms. The first-order chi connectivity index (χ1) is 11.8. The van der Waals surface area contributed by atoms with Gasteiger partial charge in [-0.1, -0.05) is 13.8 Å². The van der Waals surface area contributed by atoms with Gasteiger partial charge in [0.15, 0.2) is 0 Å². The Morgan fingerprint density at radius 2 is 1.88 bits per heavy atom. The molecule has 0 saturated heterocycles. The maximum atomic E-state index is 12.7. The van der Waals surface area contributed by atoms with E-state index in [1.165, 1.54) is 22.5 Å². The van der Waals surface area contributed by atoms with Gasteiger partial charge in [-0.25, -0.2) is 8.42 Å². The van der Waals surface area contributed by atoms with E-state index >= 15 is 0 Å². The monoisotopic (exact) mass is 402 g/mol. The number of amides is 1. The summed E-state index contributed by atoms with van der Waals surface area (Å²) in [6.45, 7) is 4.70. The molecular formula is C16H23ClN4O4S. The molecule has 0 atom stereocenters. The average Bonchev–Trinajstić information content (AvgIpc) is 2.59. The molecule has 1 amide bonds. The van der Waals surface area contributed by atoms with Gasteiger partial charge in [0, 0.05) is 43.1 Å². The Bertz CT molecular complexity index is 939. The van der Waals surface area contributed by atoms with Crippen LogP contribution in [0.1, 0.15) is 24.2 Å². The number of H-pyrrole nitrogens is 1. The third-order valence-electron chi connectivity index (χ3n) is 3.83. The number of hydrogen-bond donors (Lipinski definition) is 3. The largest absolute Gasteiger partial charge is 0.351 e. The van der Waals surface area contributed by atoms with E-state index < -0.39 is 21.5 Å². The molecule has 1 aromatic carbocycles. The number of carbonyl (C=O) groups is 1. The Hall–Kier alpha value is -1.94. The highest BCUT2D eigenvalue weighted by atomic mass is 35.5. The number of aromatic amines is 1. The fraction of sp³-hybridized carbons (Fsp3) is 0.375. The minimum Gasteiger partial charge on any atom is -0.351 e. The summed E-state index contributed by atoms with van der Waals surface area (Å²) in [5.41, 5.74) is 5.44. The third kappa shape index (κ3) is 4.42. The van der Waals surface area contributed by atoms with Crippen molar-refractivity contribution < 1.29 is 13.2 Å². The van der Waals surface area contributed by atoms with Gasteiger partial charge in [-0.2, -0.15) is 4.31 Å². The fourth-order valence-electron chi connectivity index (χ4n) is 2.57. The molecule has 4 N–H and O–H groups in total. The molecule has 10 heteroatoms. The Kier molecular flexibility index (Phi) is 7.76. The number of hydrogen-bond acceptors (Lipinski definition) is 5. The molecule has 8 nitrogen and oxygen atoms in total. The minimum atomic E-state index is -3.67. The van der Waals surface area contributed by atoms with Crippen LogP contribution >= 0.6 is 12.4 Å². The molecular weight excluding hydrogens is 380 g/mol. The van der Waals surface area contributed by atoms with E-state index in [0.717, 1.165) is 6.07 Å². The van der Waals surface area contributed by atoms with E-state index in [1.807, 2.05) is 0 Å². The molecule has 0 aliphatic rings. The van der Waals surface area contributed by atoms with Crippen molar-refractivity contribution in [1.82, 2.24) is 14.6 Å². The molecule has 0 radical (unpaired) electrons. The molecule has 1 heterocycles. The third-order valence-corrected chi connectivity index (χ3v) is 5.88. The van der Waals surface area contributed by atoms with Crippen LogP contribution in [-0.4, -0.2) is 49.8 Å². The Morgan fingerprint density at radius 3 is 2.46 bits per heavy atom. The van der Waals surface area contributed by atoms with Gasteiger partial charge in [-0.05, 0) is 18.2 Å². The smallest absolute Gasteiger partial charge is 0.252 e. The van der Waals surface area contributed by atoms with Crippen molar-refractivity contribution in [2.45, 2.75) is 18.7 Å². The number of aromatic nitrogens is 1. The van der Waals surface area contributed by atoms with Crippen molar-refractivity contribution >= 4 is 39.2 Å². The second-order valence-electron chi connectivity index (χ2n) is 5.39. The average molecular weight is 403 g/mol. The lowest BCUT2D eigenvalue weighted by Crippen LogP contribution is -2.31. The molecule has 2 aromatic rings. The van der Waals surface area contributed by atoms with E-state index in [2.05, 4.69) is 10.3 Å². The number of benzene rings is 1. The van der Waals surface area contributed by atoms with Crippen LogP contribution in [0, 0.1) is 0 Å². The predicted molar refractivity (Wildman–Crippen MR) is 103 cm³/mol. The van der Waals surface area contributed by atoms with E-state index in [0.29, 0.717) is 24.0 Å².